The molecule has 0 aromatic rings. The summed E-state index contributed by atoms with van der Waals surface area (Å²) in [7, 11) is 0. The Morgan fingerprint density at radius 1 is 0.667 bits per heavy atom. The van der Waals surface area contributed by atoms with Crippen molar-refractivity contribution in [3.63, 3.8) is 0 Å². The summed E-state index contributed by atoms with van der Waals surface area (Å²) in [5.74, 6) is 0. The van der Waals surface area contributed by atoms with E-state index in [1.54, 1.807) is 0 Å². The van der Waals surface area contributed by atoms with Gasteiger partial charge in [0.1, 0.15) is 24.4 Å². The van der Waals surface area contributed by atoms with Crippen LogP contribution in [-0.4, -0.2) is 68.3 Å². The van der Waals surface area contributed by atoms with Gasteiger partial charge in [-0.2, -0.15) is 0 Å². The van der Waals surface area contributed by atoms with Gasteiger partial charge >= 0.3 is 0 Å². The molecule has 0 rings (SSSR count). The van der Waals surface area contributed by atoms with Crippen molar-refractivity contribution in [2.45, 2.75) is 24.4 Å². The van der Waals surface area contributed by atoms with Crippen LogP contribution in [-0.2, 0) is 0 Å². The third-order valence-electron chi connectivity index (χ3n) is 1.51. The monoisotopic (exact) mass is 182 g/mol. The molecule has 0 aliphatic carbocycles. The first-order chi connectivity index (χ1) is 5.54. The molecular weight excluding hydrogens is 168 g/mol. The molecule has 6 N–H and O–H groups in total. The topological polar surface area (TPSA) is 121 Å². The van der Waals surface area contributed by atoms with Crippen molar-refractivity contribution in [1.82, 2.24) is 0 Å². The van der Waals surface area contributed by atoms with Crippen LogP contribution in [0.25, 0.3) is 0 Å². The molecule has 1 unspecified atom stereocenters. The predicted octanol–water partition coefficient (Wildman–Crippen LogP) is -3.59. The molecule has 4 atom stereocenters. The number of aliphatic hydroxyl groups excluding tert-OH is 6. The maximum atomic E-state index is 8.96. The Morgan fingerprint density at radius 3 is 1.08 bits per heavy atom. The SMILES string of the molecule is OCC(O)[C@H](O)[C@H](O)[C@H](O)CO. The predicted molar refractivity (Wildman–Crippen MR) is 38.2 cm³/mol. The summed E-state index contributed by atoms with van der Waals surface area (Å²) < 4.78 is 0. The van der Waals surface area contributed by atoms with Crippen LogP contribution in [0.5, 0.6) is 0 Å². The van der Waals surface area contributed by atoms with E-state index < -0.39 is 37.6 Å². The summed E-state index contributed by atoms with van der Waals surface area (Å²) in [6.07, 6.45) is -6.39. The Bertz CT molecular complexity index is 105. The zero-order valence-corrected chi connectivity index (χ0v) is 6.41. The minimum Gasteiger partial charge on any atom is -0.394 e. The Hall–Kier alpha value is -0.240. The third-order valence-corrected chi connectivity index (χ3v) is 1.51. The van der Waals surface area contributed by atoms with Crippen LogP contribution in [0, 0.1) is 0 Å². The maximum absolute atomic E-state index is 8.96. The zero-order chi connectivity index (χ0) is 9.72. The van der Waals surface area contributed by atoms with Crippen molar-refractivity contribution in [3.05, 3.63) is 0 Å². The lowest BCUT2D eigenvalue weighted by Crippen LogP contribution is -2.46. The van der Waals surface area contributed by atoms with Crippen LogP contribution in [0.1, 0.15) is 0 Å². The van der Waals surface area contributed by atoms with Gasteiger partial charge in [-0.15, -0.1) is 0 Å². The van der Waals surface area contributed by atoms with Crippen LogP contribution in [0.4, 0.5) is 0 Å². The number of rotatable bonds is 5. The van der Waals surface area contributed by atoms with Crippen molar-refractivity contribution in [2.75, 3.05) is 13.2 Å². The van der Waals surface area contributed by atoms with Gasteiger partial charge in [0.25, 0.3) is 0 Å². The number of aliphatic hydroxyl groups is 6. The van der Waals surface area contributed by atoms with E-state index in [1.807, 2.05) is 0 Å². The summed E-state index contributed by atoms with van der Waals surface area (Å²) in [4.78, 5) is 0. The van der Waals surface area contributed by atoms with Crippen molar-refractivity contribution in [3.8, 4) is 0 Å². The lowest BCUT2D eigenvalue weighted by Gasteiger charge is -2.24. The second-order valence-corrected chi connectivity index (χ2v) is 2.48. The van der Waals surface area contributed by atoms with E-state index in [-0.39, 0.29) is 0 Å². The first kappa shape index (κ1) is 11.8. The van der Waals surface area contributed by atoms with Crippen LogP contribution >= 0.6 is 0 Å². The highest BCUT2D eigenvalue weighted by Gasteiger charge is 2.29. The lowest BCUT2D eigenvalue weighted by molar-refractivity contribution is -0.123. The van der Waals surface area contributed by atoms with Crippen molar-refractivity contribution >= 4 is 0 Å². The molecule has 12 heavy (non-hydrogen) atoms. The van der Waals surface area contributed by atoms with E-state index in [4.69, 9.17) is 30.6 Å². The summed E-state index contributed by atoms with van der Waals surface area (Å²) in [5.41, 5.74) is 0. The Morgan fingerprint density at radius 2 is 0.917 bits per heavy atom. The summed E-state index contributed by atoms with van der Waals surface area (Å²) >= 11 is 0. The van der Waals surface area contributed by atoms with Gasteiger partial charge in [0.05, 0.1) is 13.2 Å². The van der Waals surface area contributed by atoms with Crippen LogP contribution in [0.3, 0.4) is 0 Å². The second-order valence-electron chi connectivity index (χ2n) is 2.48. The Kier molecular flexibility index (Phi) is 5.31. The Labute approximate surface area is 69.3 Å². The van der Waals surface area contributed by atoms with Gasteiger partial charge in [-0.25, -0.2) is 0 Å². The van der Waals surface area contributed by atoms with Gasteiger partial charge in [0, 0.05) is 0 Å². The molecule has 74 valence electrons. The molecule has 6 heteroatoms. The fraction of sp³-hybridized carbons (Fsp3) is 1.00. The molecule has 0 spiro atoms. The van der Waals surface area contributed by atoms with E-state index in [0.29, 0.717) is 0 Å². The largest absolute Gasteiger partial charge is 0.394 e. The van der Waals surface area contributed by atoms with E-state index in [0.717, 1.165) is 0 Å². The van der Waals surface area contributed by atoms with Gasteiger partial charge in [-0.1, -0.05) is 0 Å². The Balaban J connectivity index is 3.99. The first-order valence-electron chi connectivity index (χ1n) is 3.48. The molecule has 0 heterocycles. The highest BCUT2D eigenvalue weighted by atomic mass is 16.4. The average Bonchev–Trinajstić information content (AvgIpc) is 2.12. The molecule has 6 nitrogen and oxygen atoms in total. The number of hydrogen-bond acceptors (Lipinski definition) is 6. The second kappa shape index (κ2) is 5.41. The van der Waals surface area contributed by atoms with Crippen LogP contribution < -0.4 is 0 Å². The quantitative estimate of drug-likeness (QED) is 0.261. The molecule has 0 saturated heterocycles. The summed E-state index contributed by atoms with van der Waals surface area (Å²) in [6, 6.07) is 0. The van der Waals surface area contributed by atoms with E-state index in [2.05, 4.69) is 0 Å². The molecule has 0 aromatic heterocycles. The van der Waals surface area contributed by atoms with Crippen molar-refractivity contribution in [1.29, 1.82) is 0 Å². The summed E-state index contributed by atoms with van der Waals surface area (Å²) in [6.45, 7) is -1.45. The highest BCUT2D eigenvalue weighted by Crippen LogP contribution is 2.03. The maximum Gasteiger partial charge on any atom is 0.111 e. The molecule has 0 radical (unpaired) electrons. The van der Waals surface area contributed by atoms with E-state index in [9.17, 15) is 0 Å². The minimum absolute atomic E-state index is 0.726. The fourth-order valence-electron chi connectivity index (χ4n) is 0.671. The van der Waals surface area contributed by atoms with E-state index in [1.165, 1.54) is 0 Å². The molecule has 0 aliphatic heterocycles. The standard InChI is InChI=1S/C6H14O6/c7-1-3(9)5(11)6(12)4(10)2-8/h3-12H,1-2H2/t3-,4?,5-,6+/m1/s1. The fourth-order valence-corrected chi connectivity index (χ4v) is 0.671. The zero-order valence-electron chi connectivity index (χ0n) is 6.41. The van der Waals surface area contributed by atoms with E-state index >= 15 is 0 Å². The molecule has 0 bridgehead atoms. The molecule has 0 aromatic carbocycles. The molecular formula is C6H14O6. The molecule has 0 fully saturated rings. The smallest absolute Gasteiger partial charge is 0.111 e. The van der Waals surface area contributed by atoms with Crippen molar-refractivity contribution in [2.24, 2.45) is 0 Å². The van der Waals surface area contributed by atoms with Gasteiger partial charge in [0.15, 0.2) is 0 Å². The van der Waals surface area contributed by atoms with Crippen LogP contribution in [0.15, 0.2) is 0 Å². The van der Waals surface area contributed by atoms with Crippen LogP contribution in [0.2, 0.25) is 0 Å². The van der Waals surface area contributed by atoms with Crippen molar-refractivity contribution < 1.29 is 30.6 Å². The summed E-state index contributed by atoms with van der Waals surface area (Å²) in [5, 5.41) is 52.2. The highest BCUT2D eigenvalue weighted by molar-refractivity contribution is 4.79. The van der Waals surface area contributed by atoms with Gasteiger partial charge in [0.2, 0.25) is 0 Å². The third kappa shape index (κ3) is 3.02. The molecule has 0 amide bonds. The van der Waals surface area contributed by atoms with Gasteiger partial charge < -0.3 is 30.6 Å². The minimum atomic E-state index is -1.67. The average molecular weight is 182 g/mol. The van der Waals surface area contributed by atoms with Gasteiger partial charge in [-0.05, 0) is 0 Å². The first-order valence-corrected chi connectivity index (χ1v) is 3.48. The number of hydrogen-bond donors (Lipinski definition) is 6. The van der Waals surface area contributed by atoms with Gasteiger partial charge in [-0.3, -0.25) is 0 Å². The lowest BCUT2D eigenvalue weighted by atomic mass is 10.0. The molecule has 0 aliphatic rings. The normalized spacial score (nSPS) is 21.5. The molecule has 0 saturated carbocycles.